The Morgan fingerprint density at radius 2 is 1.87 bits per heavy atom. The van der Waals surface area contributed by atoms with Crippen molar-refractivity contribution in [2.45, 2.75) is 82.1 Å². The van der Waals surface area contributed by atoms with Gasteiger partial charge in [-0.3, -0.25) is 4.79 Å². The van der Waals surface area contributed by atoms with Crippen LogP contribution < -0.4 is 5.73 Å². The monoisotopic (exact) mass is 428 g/mol. The number of amides is 1. The highest BCUT2D eigenvalue weighted by molar-refractivity contribution is 5.91. The molecule has 5 atom stereocenters. The normalized spacial score (nSPS) is 41.5. The number of benzene rings is 1. The van der Waals surface area contributed by atoms with Gasteiger partial charge >= 0.3 is 0 Å². The summed E-state index contributed by atoms with van der Waals surface area (Å²) < 4.78 is 26.0. The lowest BCUT2D eigenvalue weighted by molar-refractivity contribution is -0.129. The summed E-state index contributed by atoms with van der Waals surface area (Å²) in [6, 6.07) is 10.8. The van der Waals surface area contributed by atoms with Crippen LogP contribution in [0.1, 0.15) is 69.8 Å². The van der Waals surface area contributed by atoms with Crippen LogP contribution in [0.4, 0.5) is 8.78 Å². The van der Waals surface area contributed by atoms with Crippen molar-refractivity contribution in [3.8, 4) is 0 Å². The van der Waals surface area contributed by atoms with Gasteiger partial charge in [0.1, 0.15) is 0 Å². The van der Waals surface area contributed by atoms with Gasteiger partial charge in [0, 0.05) is 18.7 Å². The van der Waals surface area contributed by atoms with Crippen molar-refractivity contribution in [3.63, 3.8) is 0 Å². The lowest BCUT2D eigenvalue weighted by Gasteiger charge is -2.43. The van der Waals surface area contributed by atoms with E-state index in [1.54, 1.807) is 0 Å². The Balaban J connectivity index is 1.40. The molecule has 3 nitrogen and oxygen atoms in total. The summed E-state index contributed by atoms with van der Waals surface area (Å²) in [4.78, 5) is 18.2. The van der Waals surface area contributed by atoms with Crippen LogP contribution in [0.2, 0.25) is 0 Å². The Hall–Kier alpha value is -1.62. The molecule has 1 aromatic rings. The Bertz CT molecular complexity index is 835. The molecule has 5 fully saturated rings. The molecule has 168 valence electrons. The first kappa shape index (κ1) is 21.2. The minimum atomic E-state index is -2.26. The fourth-order valence-electron chi connectivity index (χ4n) is 7.84. The molecule has 0 aliphatic heterocycles. The first-order valence-corrected chi connectivity index (χ1v) is 12.1. The maximum atomic E-state index is 13.6. The molecule has 1 aromatic carbocycles. The summed E-state index contributed by atoms with van der Waals surface area (Å²) >= 11 is 0. The molecule has 31 heavy (non-hydrogen) atoms. The number of rotatable bonds is 6. The maximum Gasteiger partial charge on any atom is 0.251 e. The largest absolute Gasteiger partial charge is 0.328 e. The van der Waals surface area contributed by atoms with E-state index in [9.17, 15) is 13.6 Å². The summed E-state index contributed by atoms with van der Waals surface area (Å²) in [5.74, 6) is 1.15. The third kappa shape index (κ3) is 3.67. The van der Waals surface area contributed by atoms with Gasteiger partial charge < -0.3 is 5.73 Å². The van der Waals surface area contributed by atoms with Crippen molar-refractivity contribution in [2.75, 3.05) is 0 Å². The van der Waals surface area contributed by atoms with E-state index in [0.29, 0.717) is 18.3 Å². The van der Waals surface area contributed by atoms with Crippen LogP contribution in [-0.4, -0.2) is 24.6 Å². The minimum Gasteiger partial charge on any atom is -0.328 e. The lowest BCUT2D eigenvalue weighted by atomic mass is 9.61. The number of aliphatic imine (C=N–C) groups is 1. The zero-order chi connectivity index (χ0) is 21.6. The third-order valence-electron chi connectivity index (χ3n) is 9.13. The van der Waals surface area contributed by atoms with Crippen molar-refractivity contribution in [3.05, 3.63) is 35.9 Å². The van der Waals surface area contributed by atoms with Crippen molar-refractivity contribution in [1.82, 2.24) is 0 Å². The maximum absolute atomic E-state index is 13.6. The molecule has 0 saturated heterocycles. The van der Waals surface area contributed by atoms with Crippen LogP contribution in [0.5, 0.6) is 0 Å². The van der Waals surface area contributed by atoms with E-state index in [1.807, 2.05) is 12.3 Å². The highest BCUT2D eigenvalue weighted by Crippen LogP contribution is 2.73. The van der Waals surface area contributed by atoms with E-state index in [0.717, 1.165) is 51.4 Å². The molecule has 5 heteroatoms. The molecule has 4 bridgehead atoms. The summed E-state index contributed by atoms with van der Waals surface area (Å²) in [7, 11) is 0. The Morgan fingerprint density at radius 1 is 1.13 bits per heavy atom. The van der Waals surface area contributed by atoms with Gasteiger partial charge in [0.2, 0.25) is 6.43 Å². The van der Waals surface area contributed by atoms with Crippen LogP contribution in [0.25, 0.3) is 0 Å². The van der Waals surface area contributed by atoms with Gasteiger partial charge in [-0.1, -0.05) is 30.3 Å². The quantitative estimate of drug-likeness (QED) is 0.607. The van der Waals surface area contributed by atoms with E-state index >= 15 is 0 Å². The van der Waals surface area contributed by atoms with Gasteiger partial charge in [-0.25, -0.2) is 13.8 Å². The molecule has 2 N–H and O–H groups in total. The number of carbonyl (C=O) groups is 1. The molecular weight excluding hydrogens is 394 g/mol. The van der Waals surface area contributed by atoms with Gasteiger partial charge in [0.05, 0.1) is 5.41 Å². The Kier molecular flexibility index (Phi) is 5.52. The summed E-state index contributed by atoms with van der Waals surface area (Å²) in [5, 5.41) is 0. The first-order valence-electron chi connectivity index (χ1n) is 12.1. The SMILES string of the molecule is NC1CCC(C=NC(=O)C23CC4CC(c5ccccc5)(CC2C4CCC(F)F)C3)CC1. The van der Waals surface area contributed by atoms with Crippen LogP contribution in [-0.2, 0) is 10.2 Å². The van der Waals surface area contributed by atoms with Crippen molar-refractivity contribution >= 4 is 12.1 Å². The lowest BCUT2D eigenvalue weighted by Crippen LogP contribution is -2.37. The number of halogens is 2. The highest BCUT2D eigenvalue weighted by Gasteiger charge is 2.70. The van der Waals surface area contributed by atoms with E-state index < -0.39 is 11.8 Å². The summed E-state index contributed by atoms with van der Waals surface area (Å²) in [6.45, 7) is 0. The Labute approximate surface area is 183 Å². The molecule has 0 radical (unpaired) electrons. The van der Waals surface area contributed by atoms with Crippen molar-refractivity contribution < 1.29 is 13.6 Å². The fraction of sp³-hybridized carbons (Fsp3) is 0.692. The summed E-state index contributed by atoms with van der Waals surface area (Å²) in [6.07, 6.45) is 7.76. The first-order chi connectivity index (χ1) is 14.9. The van der Waals surface area contributed by atoms with Gasteiger partial charge in [0.15, 0.2) is 0 Å². The summed E-state index contributed by atoms with van der Waals surface area (Å²) in [5.41, 5.74) is 6.89. The minimum absolute atomic E-state index is 0.0129. The highest BCUT2D eigenvalue weighted by atomic mass is 19.3. The smallest absolute Gasteiger partial charge is 0.251 e. The number of hydrogen-bond donors (Lipinski definition) is 1. The van der Waals surface area contributed by atoms with E-state index in [4.69, 9.17) is 5.73 Å². The number of nitrogens with two attached hydrogens (primary N) is 1. The van der Waals surface area contributed by atoms with Crippen LogP contribution in [0.15, 0.2) is 35.3 Å². The van der Waals surface area contributed by atoms with Crippen LogP contribution >= 0.6 is 0 Å². The predicted molar refractivity (Wildman–Crippen MR) is 118 cm³/mol. The molecule has 0 spiro atoms. The number of carbonyl (C=O) groups excluding carboxylic acids is 1. The molecule has 5 unspecified atom stereocenters. The molecule has 1 amide bonds. The second kappa shape index (κ2) is 8.06. The zero-order valence-electron chi connectivity index (χ0n) is 18.2. The van der Waals surface area contributed by atoms with E-state index in [1.165, 1.54) is 5.56 Å². The molecule has 5 saturated carbocycles. The molecule has 5 aliphatic carbocycles. The average molecular weight is 429 g/mol. The number of alkyl halides is 2. The second-order valence-electron chi connectivity index (χ2n) is 10.8. The van der Waals surface area contributed by atoms with Crippen molar-refractivity contribution in [1.29, 1.82) is 0 Å². The molecule has 0 heterocycles. The van der Waals surface area contributed by atoms with Gasteiger partial charge in [-0.05, 0) is 92.4 Å². The third-order valence-corrected chi connectivity index (χ3v) is 9.13. The van der Waals surface area contributed by atoms with Gasteiger partial charge in [-0.15, -0.1) is 0 Å². The zero-order valence-corrected chi connectivity index (χ0v) is 18.2. The van der Waals surface area contributed by atoms with Crippen molar-refractivity contribution in [2.24, 2.45) is 39.8 Å². The predicted octanol–water partition coefficient (Wildman–Crippen LogP) is 5.52. The van der Waals surface area contributed by atoms with Gasteiger partial charge in [-0.2, -0.15) is 0 Å². The number of hydrogen-bond acceptors (Lipinski definition) is 2. The molecule has 6 rings (SSSR count). The Morgan fingerprint density at radius 3 is 2.58 bits per heavy atom. The molecule has 0 aromatic heterocycles. The second-order valence-corrected chi connectivity index (χ2v) is 10.8. The fourth-order valence-corrected chi connectivity index (χ4v) is 7.84. The van der Waals surface area contributed by atoms with Crippen LogP contribution in [0.3, 0.4) is 0 Å². The standard InChI is InChI=1S/C26H34F2N2O/c27-23(28)11-10-21-18-12-25(19-4-2-1-3-5-19)14-22(21)26(13-18,16-25)24(31)30-15-17-6-8-20(29)9-7-17/h1-5,15,17-18,20-23H,6-14,16,29H2. The number of nitrogens with zero attached hydrogens (tertiary/aromatic N) is 1. The van der Waals surface area contributed by atoms with Gasteiger partial charge in [0.25, 0.3) is 5.91 Å². The van der Waals surface area contributed by atoms with E-state index in [-0.39, 0.29) is 35.6 Å². The topological polar surface area (TPSA) is 55.4 Å². The van der Waals surface area contributed by atoms with E-state index in [2.05, 4.69) is 29.3 Å². The molecule has 5 aliphatic rings. The average Bonchev–Trinajstić information content (AvgIpc) is 3.14. The van der Waals surface area contributed by atoms with Crippen LogP contribution in [0, 0.1) is 29.1 Å². The molecular formula is C26H34F2N2O.